The van der Waals surface area contributed by atoms with E-state index in [0.717, 1.165) is 48.7 Å². The van der Waals surface area contributed by atoms with Crippen molar-refractivity contribution in [2.45, 2.75) is 52.4 Å². The van der Waals surface area contributed by atoms with Crippen LogP contribution in [0.5, 0.6) is 0 Å². The molecule has 4 fully saturated rings. The quantitative estimate of drug-likeness (QED) is 0.358. The summed E-state index contributed by atoms with van der Waals surface area (Å²) in [5.41, 5.74) is 3.39. The summed E-state index contributed by atoms with van der Waals surface area (Å²) in [4.78, 5) is 0. The Balaban J connectivity index is 0.000000161. The first-order chi connectivity index (χ1) is 13.7. The van der Waals surface area contributed by atoms with Gasteiger partial charge in [-0.05, 0) is 87.9 Å². The third-order valence-corrected chi connectivity index (χ3v) is 7.53. The Morgan fingerprint density at radius 1 is 0.821 bits per heavy atom. The van der Waals surface area contributed by atoms with Gasteiger partial charge in [0.2, 0.25) is 0 Å². The van der Waals surface area contributed by atoms with Crippen molar-refractivity contribution in [2.75, 3.05) is 26.4 Å². The zero-order valence-corrected chi connectivity index (χ0v) is 18.1. The maximum Gasteiger partial charge on any atom is 0.0644 e. The van der Waals surface area contributed by atoms with Crippen molar-refractivity contribution in [1.29, 1.82) is 0 Å². The molecule has 0 aliphatic heterocycles. The van der Waals surface area contributed by atoms with Crippen LogP contribution >= 0.6 is 0 Å². The molecule has 4 aliphatic rings. The lowest BCUT2D eigenvalue weighted by atomic mass is 9.85. The van der Waals surface area contributed by atoms with E-state index in [2.05, 4.69) is 39.2 Å². The van der Waals surface area contributed by atoms with Crippen LogP contribution in [0.25, 0.3) is 0 Å². The molecule has 156 valence electrons. The Hall–Kier alpha value is -1.12. The van der Waals surface area contributed by atoms with Gasteiger partial charge in [0.05, 0.1) is 26.4 Å². The summed E-state index contributed by atoms with van der Waals surface area (Å²) in [6.07, 6.45) is 16.6. The van der Waals surface area contributed by atoms with Gasteiger partial charge < -0.3 is 9.47 Å². The number of fused-ring (bicyclic) bond motifs is 4. The van der Waals surface area contributed by atoms with Gasteiger partial charge in [-0.2, -0.15) is 0 Å². The first-order valence-corrected chi connectivity index (χ1v) is 11.4. The second-order valence-corrected chi connectivity index (χ2v) is 9.18. The van der Waals surface area contributed by atoms with E-state index < -0.39 is 0 Å². The molecule has 0 saturated heterocycles. The predicted octanol–water partition coefficient (Wildman–Crippen LogP) is 6.36. The Bertz CT molecular complexity index is 587. The van der Waals surface area contributed by atoms with Gasteiger partial charge in [0, 0.05) is 0 Å². The molecule has 2 nitrogen and oxygen atoms in total. The fourth-order valence-electron chi connectivity index (χ4n) is 6.26. The van der Waals surface area contributed by atoms with Crippen molar-refractivity contribution in [3.63, 3.8) is 0 Å². The molecular formula is C26H40O2. The van der Waals surface area contributed by atoms with Gasteiger partial charge in [0.1, 0.15) is 0 Å². The van der Waals surface area contributed by atoms with E-state index in [1.165, 1.54) is 38.5 Å². The van der Waals surface area contributed by atoms with Crippen LogP contribution in [0, 0.1) is 35.5 Å². The largest absolute Gasteiger partial charge is 0.377 e. The summed E-state index contributed by atoms with van der Waals surface area (Å²) in [6, 6.07) is 0. The number of hydrogen-bond donors (Lipinski definition) is 0. The van der Waals surface area contributed by atoms with Crippen LogP contribution in [0.2, 0.25) is 0 Å². The Kier molecular flexibility index (Phi) is 8.17. The molecule has 6 unspecified atom stereocenters. The van der Waals surface area contributed by atoms with Gasteiger partial charge >= 0.3 is 0 Å². The SMILES string of the molecule is C=CCOCC1CC2CC(=CC)C1C2.C=CCOCC1CC2CC1CC2=CC. The number of ether oxygens (including phenoxy) is 2. The lowest BCUT2D eigenvalue weighted by Crippen LogP contribution is -2.18. The van der Waals surface area contributed by atoms with E-state index in [9.17, 15) is 0 Å². The van der Waals surface area contributed by atoms with Gasteiger partial charge in [-0.1, -0.05) is 35.5 Å². The Morgan fingerprint density at radius 2 is 1.50 bits per heavy atom. The summed E-state index contributed by atoms with van der Waals surface area (Å²) < 4.78 is 11.1. The minimum atomic E-state index is 0.707. The number of allylic oxidation sites excluding steroid dienone is 4. The van der Waals surface area contributed by atoms with E-state index in [4.69, 9.17) is 9.47 Å². The third-order valence-electron chi connectivity index (χ3n) is 7.53. The van der Waals surface area contributed by atoms with E-state index in [-0.39, 0.29) is 0 Å². The van der Waals surface area contributed by atoms with Crippen LogP contribution in [-0.4, -0.2) is 26.4 Å². The third kappa shape index (κ3) is 5.07. The van der Waals surface area contributed by atoms with Crippen molar-refractivity contribution in [3.05, 3.63) is 48.6 Å². The van der Waals surface area contributed by atoms with Crippen molar-refractivity contribution >= 4 is 0 Å². The topological polar surface area (TPSA) is 18.5 Å². The first-order valence-electron chi connectivity index (χ1n) is 11.4. The van der Waals surface area contributed by atoms with E-state index in [1.807, 2.05) is 12.2 Å². The van der Waals surface area contributed by atoms with E-state index >= 15 is 0 Å². The van der Waals surface area contributed by atoms with Crippen LogP contribution in [-0.2, 0) is 9.47 Å². The van der Waals surface area contributed by atoms with E-state index in [0.29, 0.717) is 13.2 Å². The molecule has 0 heterocycles. The number of hydrogen-bond acceptors (Lipinski definition) is 2. The summed E-state index contributed by atoms with van der Waals surface area (Å²) in [7, 11) is 0. The molecule has 0 aromatic heterocycles. The minimum Gasteiger partial charge on any atom is -0.377 e. The summed E-state index contributed by atoms with van der Waals surface area (Å²) in [5.74, 6) is 5.22. The molecule has 0 radical (unpaired) electrons. The second kappa shape index (κ2) is 10.6. The zero-order valence-electron chi connectivity index (χ0n) is 18.1. The average molecular weight is 385 g/mol. The lowest BCUT2D eigenvalue weighted by Gasteiger charge is -2.23. The maximum absolute atomic E-state index is 5.57. The van der Waals surface area contributed by atoms with Gasteiger partial charge in [-0.15, -0.1) is 13.2 Å². The molecule has 0 aromatic carbocycles. The molecule has 4 rings (SSSR count). The van der Waals surface area contributed by atoms with Gasteiger partial charge in [0.15, 0.2) is 0 Å². The molecule has 6 atom stereocenters. The summed E-state index contributed by atoms with van der Waals surface area (Å²) in [5, 5.41) is 0. The Morgan fingerprint density at radius 3 is 2.04 bits per heavy atom. The molecule has 4 aliphatic carbocycles. The van der Waals surface area contributed by atoms with E-state index in [1.54, 1.807) is 11.1 Å². The smallest absolute Gasteiger partial charge is 0.0644 e. The van der Waals surface area contributed by atoms with Gasteiger partial charge in [-0.3, -0.25) is 0 Å². The fraction of sp³-hybridized carbons (Fsp3) is 0.692. The molecule has 2 heteroatoms. The molecule has 0 aromatic rings. The van der Waals surface area contributed by atoms with Gasteiger partial charge in [0.25, 0.3) is 0 Å². The number of rotatable bonds is 8. The highest BCUT2D eigenvalue weighted by atomic mass is 16.5. The first kappa shape index (κ1) is 21.6. The highest BCUT2D eigenvalue weighted by molar-refractivity contribution is 5.18. The predicted molar refractivity (Wildman–Crippen MR) is 118 cm³/mol. The molecule has 4 bridgehead atoms. The van der Waals surface area contributed by atoms with Crippen LogP contribution in [0.3, 0.4) is 0 Å². The minimum absolute atomic E-state index is 0.707. The highest BCUT2D eigenvalue weighted by Crippen LogP contribution is 2.52. The molecule has 4 saturated carbocycles. The fourth-order valence-corrected chi connectivity index (χ4v) is 6.26. The zero-order chi connectivity index (χ0) is 19.9. The normalized spacial score (nSPS) is 38.1. The standard InChI is InChI=1S/2C13H20O/c1-3-5-14-9-12-7-10-6-11(4-2)13(12)8-10;1-3-5-14-9-13-8-11-7-12(13)6-10(11)4-2/h3-4,10,12-13H,1,5-9H2,2H3;3-4,11-13H,1,5-9H2,2H3. The van der Waals surface area contributed by atoms with Crippen LogP contribution in [0.15, 0.2) is 48.6 Å². The monoisotopic (exact) mass is 384 g/mol. The molecule has 0 amide bonds. The van der Waals surface area contributed by atoms with Crippen LogP contribution in [0.4, 0.5) is 0 Å². The molecule has 0 spiro atoms. The molecule has 28 heavy (non-hydrogen) atoms. The lowest BCUT2D eigenvalue weighted by molar-refractivity contribution is 0.103. The Labute approximate surface area is 172 Å². The van der Waals surface area contributed by atoms with Crippen molar-refractivity contribution < 1.29 is 9.47 Å². The van der Waals surface area contributed by atoms with Crippen molar-refractivity contribution in [1.82, 2.24) is 0 Å². The van der Waals surface area contributed by atoms with Gasteiger partial charge in [-0.25, -0.2) is 0 Å². The van der Waals surface area contributed by atoms with Crippen molar-refractivity contribution in [3.8, 4) is 0 Å². The molecular weight excluding hydrogens is 344 g/mol. The average Bonchev–Trinajstić information content (AvgIpc) is 3.48. The van der Waals surface area contributed by atoms with Crippen LogP contribution in [0.1, 0.15) is 52.4 Å². The van der Waals surface area contributed by atoms with Crippen molar-refractivity contribution in [2.24, 2.45) is 35.5 Å². The second-order valence-electron chi connectivity index (χ2n) is 9.18. The summed E-state index contributed by atoms with van der Waals surface area (Å²) >= 11 is 0. The maximum atomic E-state index is 5.57. The molecule has 0 N–H and O–H groups in total. The van der Waals surface area contributed by atoms with Crippen LogP contribution < -0.4 is 0 Å². The highest BCUT2D eigenvalue weighted by Gasteiger charge is 2.42. The summed E-state index contributed by atoms with van der Waals surface area (Å²) in [6.45, 7) is 15.0.